The molecule has 0 radical (unpaired) electrons. The van der Waals surface area contributed by atoms with Crippen LogP contribution < -0.4 is 4.74 Å². The normalized spacial score (nSPS) is 36.0. The molecule has 4 rings (SSSR count). The van der Waals surface area contributed by atoms with Gasteiger partial charge in [0, 0.05) is 0 Å². The van der Waals surface area contributed by atoms with E-state index in [9.17, 15) is 0 Å². The van der Waals surface area contributed by atoms with Crippen LogP contribution in [-0.2, 0) is 6.42 Å². The summed E-state index contributed by atoms with van der Waals surface area (Å²) in [4.78, 5) is 0. The standard InChI is InChI=1S/C20H26O/c1-3-13-11-15-12-16(21-2)8-10-17(15)19-9-7-14-5-4-6-18(14)20(13)19/h3,8,10,12,14,18-20H,4-7,9,11H2,1-2H3/t14-,18+,19+,20-/m0/s1. The summed E-state index contributed by atoms with van der Waals surface area (Å²) in [6, 6.07) is 6.79. The predicted octanol–water partition coefficient (Wildman–Crippen LogP) is 5.11. The number of hydrogen-bond acceptors (Lipinski definition) is 1. The zero-order valence-corrected chi connectivity index (χ0v) is 13.3. The van der Waals surface area contributed by atoms with Crippen LogP contribution in [0.25, 0.3) is 0 Å². The van der Waals surface area contributed by atoms with Gasteiger partial charge in [0.15, 0.2) is 0 Å². The molecular formula is C20H26O. The third kappa shape index (κ3) is 2.05. The van der Waals surface area contributed by atoms with Crippen molar-refractivity contribution in [2.75, 3.05) is 7.11 Å². The largest absolute Gasteiger partial charge is 0.497 e. The summed E-state index contributed by atoms with van der Waals surface area (Å²) in [7, 11) is 1.77. The molecule has 0 N–H and O–H groups in total. The molecule has 21 heavy (non-hydrogen) atoms. The molecule has 0 unspecified atom stereocenters. The number of rotatable bonds is 1. The predicted molar refractivity (Wildman–Crippen MR) is 86.8 cm³/mol. The number of ether oxygens (including phenoxy) is 1. The summed E-state index contributed by atoms with van der Waals surface area (Å²) < 4.78 is 5.44. The summed E-state index contributed by atoms with van der Waals surface area (Å²) in [6.45, 7) is 2.25. The van der Waals surface area contributed by atoms with Crippen LogP contribution in [-0.4, -0.2) is 7.11 Å². The van der Waals surface area contributed by atoms with Gasteiger partial charge in [0.05, 0.1) is 7.11 Å². The Morgan fingerprint density at radius 1 is 1.14 bits per heavy atom. The number of hydrogen-bond donors (Lipinski definition) is 0. The van der Waals surface area contributed by atoms with Crippen LogP contribution in [0.1, 0.15) is 56.1 Å². The lowest BCUT2D eigenvalue weighted by Crippen LogP contribution is -2.35. The highest BCUT2D eigenvalue weighted by Crippen LogP contribution is 2.56. The van der Waals surface area contributed by atoms with E-state index >= 15 is 0 Å². The van der Waals surface area contributed by atoms with E-state index in [0.29, 0.717) is 0 Å². The quantitative estimate of drug-likeness (QED) is 0.651. The van der Waals surface area contributed by atoms with Crippen LogP contribution in [0.3, 0.4) is 0 Å². The fourth-order valence-electron chi connectivity index (χ4n) is 5.51. The fourth-order valence-corrected chi connectivity index (χ4v) is 5.51. The van der Waals surface area contributed by atoms with Gasteiger partial charge in [0.25, 0.3) is 0 Å². The van der Waals surface area contributed by atoms with Crippen molar-refractivity contribution in [3.63, 3.8) is 0 Å². The van der Waals surface area contributed by atoms with Gasteiger partial charge in [0.1, 0.15) is 5.75 Å². The molecular weight excluding hydrogens is 256 g/mol. The molecule has 3 aliphatic carbocycles. The number of methoxy groups -OCH3 is 1. The molecule has 0 heterocycles. The molecule has 1 aromatic rings. The maximum atomic E-state index is 5.44. The van der Waals surface area contributed by atoms with Gasteiger partial charge in [-0.3, -0.25) is 0 Å². The lowest BCUT2D eigenvalue weighted by molar-refractivity contribution is 0.173. The zero-order chi connectivity index (χ0) is 14.4. The fraction of sp³-hybridized carbons (Fsp3) is 0.600. The Hall–Kier alpha value is -1.24. The Morgan fingerprint density at radius 3 is 2.86 bits per heavy atom. The molecule has 2 fully saturated rings. The molecule has 0 aliphatic heterocycles. The average Bonchev–Trinajstić information content (AvgIpc) is 3.01. The Kier molecular flexibility index (Phi) is 3.32. The second-order valence-corrected chi connectivity index (χ2v) is 7.17. The number of fused-ring (bicyclic) bond motifs is 5. The lowest BCUT2D eigenvalue weighted by Gasteiger charge is -2.45. The van der Waals surface area contributed by atoms with Crippen molar-refractivity contribution in [3.8, 4) is 5.75 Å². The molecule has 3 aliphatic rings. The summed E-state index contributed by atoms with van der Waals surface area (Å²) in [5.74, 6) is 4.59. The number of benzene rings is 1. The summed E-state index contributed by atoms with van der Waals surface area (Å²) in [5, 5.41) is 0. The third-order valence-corrected chi connectivity index (χ3v) is 6.40. The van der Waals surface area contributed by atoms with E-state index in [1.165, 1.54) is 37.7 Å². The van der Waals surface area contributed by atoms with E-state index in [4.69, 9.17) is 4.74 Å². The highest BCUT2D eigenvalue weighted by Gasteiger charge is 2.45. The van der Waals surface area contributed by atoms with Crippen molar-refractivity contribution in [2.45, 2.75) is 51.4 Å². The first-order chi connectivity index (χ1) is 10.3. The molecule has 1 nitrogen and oxygen atoms in total. The summed E-state index contributed by atoms with van der Waals surface area (Å²) >= 11 is 0. The second kappa shape index (κ2) is 5.19. The minimum absolute atomic E-state index is 0.769. The highest BCUT2D eigenvalue weighted by molar-refractivity contribution is 5.45. The van der Waals surface area contributed by atoms with E-state index in [2.05, 4.69) is 31.2 Å². The molecule has 1 heteroatoms. The Morgan fingerprint density at radius 2 is 2.05 bits per heavy atom. The van der Waals surface area contributed by atoms with E-state index in [1.54, 1.807) is 18.2 Å². The topological polar surface area (TPSA) is 9.23 Å². The lowest BCUT2D eigenvalue weighted by atomic mass is 9.59. The molecule has 1 aromatic carbocycles. The second-order valence-electron chi connectivity index (χ2n) is 7.17. The van der Waals surface area contributed by atoms with Crippen LogP contribution in [0.15, 0.2) is 29.8 Å². The van der Waals surface area contributed by atoms with Gasteiger partial charge >= 0.3 is 0 Å². The van der Waals surface area contributed by atoms with Crippen LogP contribution in [0.5, 0.6) is 5.75 Å². The van der Waals surface area contributed by atoms with E-state index in [1.807, 2.05) is 0 Å². The zero-order valence-electron chi connectivity index (χ0n) is 13.3. The maximum absolute atomic E-state index is 5.44. The maximum Gasteiger partial charge on any atom is 0.119 e. The third-order valence-electron chi connectivity index (χ3n) is 6.40. The molecule has 0 amide bonds. The van der Waals surface area contributed by atoms with Crippen LogP contribution in [0, 0.1) is 17.8 Å². The SMILES string of the molecule is CC=C1Cc2cc(OC)ccc2[C@H]2CC[C@@H]3CCC[C@H]3[C@H]12. The highest BCUT2D eigenvalue weighted by atomic mass is 16.5. The van der Waals surface area contributed by atoms with Crippen molar-refractivity contribution in [3.05, 3.63) is 41.0 Å². The van der Waals surface area contributed by atoms with Crippen molar-refractivity contribution >= 4 is 0 Å². The molecule has 0 spiro atoms. The monoisotopic (exact) mass is 282 g/mol. The van der Waals surface area contributed by atoms with Crippen molar-refractivity contribution in [1.82, 2.24) is 0 Å². The van der Waals surface area contributed by atoms with E-state index in [-0.39, 0.29) is 0 Å². The smallest absolute Gasteiger partial charge is 0.119 e. The van der Waals surface area contributed by atoms with Crippen LogP contribution >= 0.6 is 0 Å². The Bertz CT molecular complexity index is 571. The van der Waals surface area contributed by atoms with Crippen LogP contribution in [0.4, 0.5) is 0 Å². The number of allylic oxidation sites excluding steroid dienone is 2. The molecule has 0 saturated heterocycles. The molecule has 112 valence electrons. The van der Waals surface area contributed by atoms with Gasteiger partial charge in [-0.05, 0) is 79.5 Å². The van der Waals surface area contributed by atoms with Crippen molar-refractivity contribution in [1.29, 1.82) is 0 Å². The van der Waals surface area contributed by atoms with Gasteiger partial charge in [0.2, 0.25) is 0 Å². The first kappa shape index (κ1) is 13.4. The summed E-state index contributed by atoms with van der Waals surface area (Å²) in [6.07, 6.45) is 10.8. The van der Waals surface area contributed by atoms with Gasteiger partial charge in [-0.25, -0.2) is 0 Å². The summed E-state index contributed by atoms with van der Waals surface area (Å²) in [5.41, 5.74) is 4.84. The Balaban J connectivity index is 1.77. The molecule has 0 bridgehead atoms. The minimum atomic E-state index is 0.769. The van der Waals surface area contributed by atoms with E-state index in [0.717, 1.165) is 35.8 Å². The van der Waals surface area contributed by atoms with Gasteiger partial charge in [-0.2, -0.15) is 0 Å². The molecule has 4 atom stereocenters. The van der Waals surface area contributed by atoms with Crippen molar-refractivity contribution < 1.29 is 4.74 Å². The van der Waals surface area contributed by atoms with Crippen LogP contribution in [0.2, 0.25) is 0 Å². The van der Waals surface area contributed by atoms with Crippen molar-refractivity contribution in [2.24, 2.45) is 17.8 Å². The first-order valence-corrected chi connectivity index (χ1v) is 8.63. The molecule has 2 saturated carbocycles. The average molecular weight is 282 g/mol. The minimum Gasteiger partial charge on any atom is -0.497 e. The van der Waals surface area contributed by atoms with E-state index < -0.39 is 0 Å². The van der Waals surface area contributed by atoms with Gasteiger partial charge in [-0.15, -0.1) is 0 Å². The molecule has 0 aromatic heterocycles. The van der Waals surface area contributed by atoms with Gasteiger partial charge in [-0.1, -0.05) is 30.6 Å². The first-order valence-electron chi connectivity index (χ1n) is 8.63. The Labute approximate surface area is 128 Å². The van der Waals surface area contributed by atoms with Gasteiger partial charge < -0.3 is 4.74 Å².